The van der Waals surface area contributed by atoms with Crippen molar-refractivity contribution in [1.29, 1.82) is 5.26 Å². The number of nitriles is 1. The minimum absolute atomic E-state index is 0.321. The van der Waals surface area contributed by atoms with Crippen LogP contribution < -0.4 is 5.32 Å². The van der Waals surface area contributed by atoms with Crippen LogP contribution in [-0.2, 0) is 10.9 Å². The molecule has 21 heavy (non-hydrogen) atoms. The fourth-order valence-corrected chi connectivity index (χ4v) is 1.61. The van der Waals surface area contributed by atoms with Gasteiger partial charge in [0.1, 0.15) is 11.6 Å². The zero-order chi connectivity index (χ0) is 16.3. The van der Waals surface area contributed by atoms with Crippen LogP contribution in [0, 0.1) is 11.3 Å². The summed E-state index contributed by atoms with van der Waals surface area (Å²) in [4.78, 5) is 11.6. The molecule has 1 amide bonds. The number of alkyl halides is 3. The molecule has 0 saturated carbocycles. The van der Waals surface area contributed by atoms with Crippen LogP contribution in [0.5, 0.6) is 0 Å². The summed E-state index contributed by atoms with van der Waals surface area (Å²) in [7, 11) is 0. The molecule has 0 aliphatic rings. The molecule has 4 nitrogen and oxygen atoms in total. The Balaban J connectivity index is 3.03. The maximum absolute atomic E-state index is 12.9. The van der Waals surface area contributed by atoms with Gasteiger partial charge in [-0.25, -0.2) is 4.79 Å². The molecule has 1 aromatic carbocycles. The predicted octanol–water partition coefficient (Wildman–Crippen LogP) is 3.79. The molecule has 114 valence electrons. The Morgan fingerprint density at radius 2 is 1.86 bits per heavy atom. The summed E-state index contributed by atoms with van der Waals surface area (Å²) in [5.74, 6) is 0. The number of halogens is 3. The van der Waals surface area contributed by atoms with Crippen molar-refractivity contribution in [3.05, 3.63) is 35.4 Å². The first-order valence-electron chi connectivity index (χ1n) is 6.10. The second-order valence-corrected chi connectivity index (χ2v) is 5.29. The van der Waals surface area contributed by atoms with Crippen molar-refractivity contribution >= 4 is 6.09 Å². The van der Waals surface area contributed by atoms with Gasteiger partial charge in [-0.05, 0) is 26.8 Å². The fraction of sp³-hybridized carbons (Fsp3) is 0.429. The fourth-order valence-electron chi connectivity index (χ4n) is 1.61. The third kappa shape index (κ3) is 4.99. The van der Waals surface area contributed by atoms with E-state index in [1.807, 2.05) is 0 Å². The van der Waals surface area contributed by atoms with E-state index in [2.05, 4.69) is 5.32 Å². The van der Waals surface area contributed by atoms with Crippen molar-refractivity contribution in [2.45, 2.75) is 38.6 Å². The molecule has 0 spiro atoms. The van der Waals surface area contributed by atoms with Crippen molar-refractivity contribution in [3.8, 4) is 6.07 Å². The van der Waals surface area contributed by atoms with Crippen LogP contribution in [0.25, 0.3) is 0 Å². The van der Waals surface area contributed by atoms with Gasteiger partial charge < -0.3 is 10.1 Å². The van der Waals surface area contributed by atoms with Gasteiger partial charge in [-0.2, -0.15) is 18.4 Å². The number of carbonyl (C=O) groups excluding carboxylic acids is 1. The van der Waals surface area contributed by atoms with Gasteiger partial charge in [0, 0.05) is 5.56 Å². The van der Waals surface area contributed by atoms with Gasteiger partial charge >= 0.3 is 12.3 Å². The lowest BCUT2D eigenvalue weighted by molar-refractivity contribution is -0.138. The lowest BCUT2D eigenvalue weighted by Gasteiger charge is -2.22. The van der Waals surface area contributed by atoms with E-state index >= 15 is 0 Å². The summed E-state index contributed by atoms with van der Waals surface area (Å²) in [6.45, 7) is 4.83. The largest absolute Gasteiger partial charge is 0.444 e. The van der Waals surface area contributed by atoms with Gasteiger partial charge in [-0.3, -0.25) is 0 Å². The first kappa shape index (κ1) is 16.8. The summed E-state index contributed by atoms with van der Waals surface area (Å²) in [6.07, 6.45) is -5.56. The predicted molar refractivity (Wildman–Crippen MR) is 69.2 cm³/mol. The first-order valence-corrected chi connectivity index (χ1v) is 6.10. The normalized spacial score (nSPS) is 13.2. The average molecular weight is 300 g/mol. The van der Waals surface area contributed by atoms with Crippen LogP contribution in [0.15, 0.2) is 24.3 Å². The van der Waals surface area contributed by atoms with E-state index in [9.17, 15) is 18.0 Å². The number of alkyl carbamates (subject to hydrolysis) is 1. The van der Waals surface area contributed by atoms with Crippen molar-refractivity contribution in [2.75, 3.05) is 0 Å². The maximum Gasteiger partial charge on any atom is 0.416 e. The summed E-state index contributed by atoms with van der Waals surface area (Å²) in [5, 5.41) is 11.2. The third-order valence-electron chi connectivity index (χ3n) is 2.37. The number of ether oxygens (including phenoxy) is 1. The van der Waals surface area contributed by atoms with Crippen LogP contribution in [0.3, 0.4) is 0 Å². The quantitative estimate of drug-likeness (QED) is 0.903. The second-order valence-electron chi connectivity index (χ2n) is 5.29. The molecule has 0 saturated heterocycles. The number of amides is 1. The molecule has 0 bridgehead atoms. The Labute approximate surface area is 120 Å². The highest BCUT2D eigenvalue weighted by Crippen LogP contribution is 2.34. The number of carbonyl (C=O) groups is 1. The summed E-state index contributed by atoms with van der Waals surface area (Å²) < 4.78 is 43.6. The number of hydrogen-bond donors (Lipinski definition) is 1. The number of nitrogens with zero attached hydrogens (tertiary/aromatic N) is 1. The number of hydrogen-bond acceptors (Lipinski definition) is 3. The molecule has 0 aliphatic heterocycles. The van der Waals surface area contributed by atoms with E-state index in [1.165, 1.54) is 12.1 Å². The van der Waals surface area contributed by atoms with Crippen LogP contribution in [0.1, 0.15) is 37.9 Å². The summed E-state index contributed by atoms with van der Waals surface area (Å²) >= 11 is 0. The summed E-state index contributed by atoms with van der Waals surface area (Å²) in [5.41, 5.74) is -2.10. The Kier molecular flexibility index (Phi) is 4.84. The Bertz CT molecular complexity index is 557. The molecule has 0 fully saturated rings. The smallest absolute Gasteiger partial charge is 0.416 e. The van der Waals surface area contributed by atoms with Gasteiger partial charge in [0.05, 0.1) is 11.6 Å². The number of nitrogens with one attached hydrogen (secondary N) is 1. The molecule has 1 aromatic rings. The van der Waals surface area contributed by atoms with Crippen molar-refractivity contribution in [1.82, 2.24) is 5.32 Å². The highest BCUT2D eigenvalue weighted by molar-refractivity contribution is 5.69. The van der Waals surface area contributed by atoms with Crippen LogP contribution in [0.2, 0.25) is 0 Å². The highest BCUT2D eigenvalue weighted by Gasteiger charge is 2.35. The topological polar surface area (TPSA) is 62.1 Å². The van der Waals surface area contributed by atoms with E-state index in [-0.39, 0.29) is 5.56 Å². The molecule has 0 aliphatic carbocycles. The standard InChI is InChI=1S/C14H15F3N2O2/c1-13(2,3)21-12(20)19-11(8-18)9-6-4-5-7-10(9)14(15,16)17/h4-7,11H,1-3H3,(H,19,20). The van der Waals surface area contributed by atoms with Crippen molar-refractivity contribution in [2.24, 2.45) is 0 Å². The maximum atomic E-state index is 12.9. The van der Waals surface area contributed by atoms with E-state index in [4.69, 9.17) is 10.00 Å². The zero-order valence-corrected chi connectivity index (χ0v) is 11.8. The second kappa shape index (κ2) is 6.04. The lowest BCUT2D eigenvalue weighted by atomic mass is 10.0. The van der Waals surface area contributed by atoms with Gasteiger partial charge in [0.2, 0.25) is 0 Å². The van der Waals surface area contributed by atoms with Crippen LogP contribution >= 0.6 is 0 Å². The highest BCUT2D eigenvalue weighted by atomic mass is 19.4. The van der Waals surface area contributed by atoms with Crippen LogP contribution in [0.4, 0.5) is 18.0 Å². The van der Waals surface area contributed by atoms with Crippen molar-refractivity contribution < 1.29 is 22.7 Å². The van der Waals surface area contributed by atoms with Gasteiger partial charge in [-0.15, -0.1) is 0 Å². The van der Waals surface area contributed by atoms with Crippen molar-refractivity contribution in [3.63, 3.8) is 0 Å². The van der Waals surface area contributed by atoms with E-state index in [0.29, 0.717) is 0 Å². The van der Waals surface area contributed by atoms with Gasteiger partial charge in [-0.1, -0.05) is 18.2 Å². The molecule has 1 atom stereocenters. The van der Waals surface area contributed by atoms with E-state index < -0.39 is 29.5 Å². The molecule has 0 aromatic heterocycles. The molecular weight excluding hydrogens is 285 g/mol. The monoisotopic (exact) mass is 300 g/mol. The first-order chi connectivity index (χ1) is 9.54. The molecule has 1 rings (SSSR count). The molecule has 0 heterocycles. The van der Waals surface area contributed by atoms with E-state index in [1.54, 1.807) is 26.8 Å². The Morgan fingerprint density at radius 3 is 2.33 bits per heavy atom. The van der Waals surface area contributed by atoms with E-state index in [0.717, 1.165) is 12.1 Å². The zero-order valence-electron chi connectivity index (χ0n) is 11.8. The molecule has 1 N–H and O–H groups in total. The third-order valence-corrected chi connectivity index (χ3v) is 2.37. The minimum Gasteiger partial charge on any atom is -0.444 e. The number of benzene rings is 1. The van der Waals surface area contributed by atoms with Gasteiger partial charge in [0.15, 0.2) is 0 Å². The lowest BCUT2D eigenvalue weighted by Crippen LogP contribution is -2.35. The molecule has 7 heteroatoms. The average Bonchev–Trinajstić information content (AvgIpc) is 2.32. The SMILES string of the molecule is CC(C)(C)OC(=O)NC(C#N)c1ccccc1C(F)(F)F. The Morgan fingerprint density at radius 1 is 1.29 bits per heavy atom. The minimum atomic E-state index is -4.61. The van der Waals surface area contributed by atoms with Gasteiger partial charge in [0.25, 0.3) is 0 Å². The number of rotatable bonds is 2. The summed E-state index contributed by atoms with van der Waals surface area (Å²) in [6, 6.07) is 4.78. The van der Waals surface area contributed by atoms with Crippen LogP contribution in [-0.4, -0.2) is 11.7 Å². The molecular formula is C14H15F3N2O2. The molecule has 1 unspecified atom stereocenters. The molecule has 0 radical (unpaired) electrons. The Hall–Kier alpha value is -2.23.